The Bertz CT molecular complexity index is 115. The molecule has 0 atom stereocenters. The van der Waals surface area contributed by atoms with Gasteiger partial charge in [-0.2, -0.15) is 0 Å². The molecule has 0 rings (SSSR count). The summed E-state index contributed by atoms with van der Waals surface area (Å²) in [5.74, 6) is 1.30. The minimum absolute atomic E-state index is 0. The van der Waals surface area contributed by atoms with E-state index in [0.29, 0.717) is 12.8 Å². The van der Waals surface area contributed by atoms with Gasteiger partial charge >= 0.3 is 17.1 Å². The summed E-state index contributed by atoms with van der Waals surface area (Å²) in [5.41, 5.74) is 0. The Labute approximate surface area is 65.1 Å². The molecule has 0 saturated carbocycles. The summed E-state index contributed by atoms with van der Waals surface area (Å²) in [6.45, 7) is 0. The third-order valence-corrected chi connectivity index (χ3v) is 0.702. The molecular weight excluding hydrogens is 168 g/mol. The molecule has 0 unspecified atom stereocenters. The number of rotatable bonds is 3. The third-order valence-electron chi connectivity index (χ3n) is 0.702. The van der Waals surface area contributed by atoms with Crippen LogP contribution in [0.2, 0.25) is 0 Å². The Morgan fingerprint density at radius 1 is 1.67 bits per heavy atom. The van der Waals surface area contributed by atoms with E-state index in [9.17, 15) is 9.90 Å². The van der Waals surface area contributed by atoms with E-state index in [4.69, 9.17) is 6.42 Å². The fourth-order valence-corrected chi connectivity index (χ4v) is 0.335. The second-order valence-corrected chi connectivity index (χ2v) is 1.43. The van der Waals surface area contributed by atoms with E-state index in [-0.39, 0.29) is 23.5 Å². The second-order valence-electron chi connectivity index (χ2n) is 1.43. The minimum Gasteiger partial charge on any atom is -0.550 e. The topological polar surface area (TPSA) is 40.1 Å². The Morgan fingerprint density at radius 2 is 2.22 bits per heavy atom. The number of hydrogen-bond donors (Lipinski definition) is 0. The summed E-state index contributed by atoms with van der Waals surface area (Å²) in [6.07, 6.45) is 5.97. The van der Waals surface area contributed by atoms with Crippen LogP contribution in [0.15, 0.2) is 0 Å². The van der Waals surface area contributed by atoms with Gasteiger partial charge in [0.25, 0.3) is 0 Å². The van der Waals surface area contributed by atoms with E-state index >= 15 is 0 Å². The zero-order valence-electron chi connectivity index (χ0n) is 4.82. The van der Waals surface area contributed by atoms with Crippen molar-refractivity contribution < 1.29 is 27.0 Å². The number of terminal acetylenes is 1. The van der Waals surface area contributed by atoms with Crippen molar-refractivity contribution >= 4 is 5.97 Å². The summed E-state index contributed by atoms with van der Waals surface area (Å²) in [6, 6.07) is 0. The molecule has 0 fully saturated rings. The first kappa shape index (κ1) is 11.4. The van der Waals surface area contributed by atoms with Crippen molar-refractivity contribution in [1.82, 2.24) is 0 Å². The number of carboxylic acid groups (broad SMARTS) is 1. The average molecular weight is 175 g/mol. The molecule has 0 aliphatic carbocycles. The number of aliphatic carboxylic acids is 1. The van der Waals surface area contributed by atoms with Gasteiger partial charge in [-0.3, -0.25) is 0 Å². The minimum atomic E-state index is -1.03. The molecule has 0 heterocycles. The van der Waals surface area contributed by atoms with Crippen molar-refractivity contribution in [3.63, 3.8) is 0 Å². The first-order chi connectivity index (χ1) is 3.77. The third kappa shape index (κ3) is 11.2. The normalized spacial score (nSPS) is 7.00. The molecule has 0 spiro atoms. The second kappa shape index (κ2) is 7.55. The molecular formula is C6H7CuO2. The number of carbonyl (C=O) groups excluding carboxylic acids is 1. The molecule has 54 valence electrons. The monoisotopic (exact) mass is 174 g/mol. The first-order valence-corrected chi connectivity index (χ1v) is 2.40. The molecule has 0 N–H and O–H groups in total. The van der Waals surface area contributed by atoms with Crippen LogP contribution < -0.4 is 5.11 Å². The maximum Gasteiger partial charge on any atom is 1.00 e. The van der Waals surface area contributed by atoms with Gasteiger partial charge in [-0.15, -0.1) is 12.3 Å². The van der Waals surface area contributed by atoms with E-state index in [2.05, 4.69) is 5.92 Å². The molecule has 0 aromatic carbocycles. The Balaban J connectivity index is 0. The van der Waals surface area contributed by atoms with Gasteiger partial charge in [-0.25, -0.2) is 0 Å². The molecule has 0 aliphatic rings. The summed E-state index contributed by atoms with van der Waals surface area (Å²) in [5, 5.41) is 9.69. The SMILES string of the molecule is C#CCCCC(=O)[O-].[Cu+]. The average Bonchev–Trinajstić information content (AvgIpc) is 1.66. The maximum atomic E-state index is 9.69. The molecule has 2 nitrogen and oxygen atoms in total. The van der Waals surface area contributed by atoms with Gasteiger partial charge in [0.1, 0.15) is 0 Å². The van der Waals surface area contributed by atoms with Crippen molar-refractivity contribution in [2.45, 2.75) is 19.3 Å². The van der Waals surface area contributed by atoms with Crippen LogP contribution in [0.25, 0.3) is 0 Å². The number of carbonyl (C=O) groups is 1. The summed E-state index contributed by atoms with van der Waals surface area (Å²) >= 11 is 0. The smallest absolute Gasteiger partial charge is 0.550 e. The molecule has 0 bridgehead atoms. The molecule has 0 radical (unpaired) electrons. The van der Waals surface area contributed by atoms with Crippen LogP contribution in [-0.4, -0.2) is 5.97 Å². The molecule has 3 heteroatoms. The number of carboxylic acids is 1. The number of hydrogen-bond acceptors (Lipinski definition) is 2. The van der Waals surface area contributed by atoms with E-state index in [1.165, 1.54) is 0 Å². The summed E-state index contributed by atoms with van der Waals surface area (Å²) in [4.78, 5) is 9.69. The van der Waals surface area contributed by atoms with Crippen LogP contribution in [0.1, 0.15) is 19.3 Å². The fraction of sp³-hybridized carbons (Fsp3) is 0.500. The van der Waals surface area contributed by atoms with E-state index in [1.807, 2.05) is 0 Å². The van der Waals surface area contributed by atoms with Crippen LogP contribution in [0.3, 0.4) is 0 Å². The molecule has 0 aromatic rings. The standard InChI is InChI=1S/C6H8O2.Cu/c1-2-3-4-5-6(7)8;/h1H,3-5H2,(H,7,8);/q;+1/p-1. The molecule has 0 amide bonds. The molecule has 0 aliphatic heterocycles. The Hall–Kier alpha value is -0.451. The van der Waals surface area contributed by atoms with Crippen molar-refractivity contribution in [2.75, 3.05) is 0 Å². The van der Waals surface area contributed by atoms with Crippen molar-refractivity contribution in [1.29, 1.82) is 0 Å². The van der Waals surface area contributed by atoms with Crippen molar-refractivity contribution in [2.24, 2.45) is 0 Å². The van der Waals surface area contributed by atoms with Crippen LogP contribution in [0.5, 0.6) is 0 Å². The zero-order valence-corrected chi connectivity index (χ0v) is 5.76. The van der Waals surface area contributed by atoms with E-state index in [1.54, 1.807) is 0 Å². The van der Waals surface area contributed by atoms with Gasteiger partial charge in [-0.1, -0.05) is 0 Å². The van der Waals surface area contributed by atoms with Crippen LogP contribution in [-0.2, 0) is 21.9 Å². The van der Waals surface area contributed by atoms with E-state index < -0.39 is 5.97 Å². The molecule has 0 saturated heterocycles. The predicted molar refractivity (Wildman–Crippen MR) is 27.7 cm³/mol. The largest absolute Gasteiger partial charge is 1.00 e. The molecule has 0 aromatic heterocycles. The fourth-order valence-electron chi connectivity index (χ4n) is 0.335. The van der Waals surface area contributed by atoms with Crippen LogP contribution in [0, 0.1) is 12.3 Å². The van der Waals surface area contributed by atoms with Gasteiger partial charge in [-0.05, 0) is 12.8 Å². The predicted octanol–water partition coefficient (Wildman–Crippen LogP) is -0.463. The van der Waals surface area contributed by atoms with Gasteiger partial charge in [0.05, 0.1) is 0 Å². The molecule has 9 heavy (non-hydrogen) atoms. The Morgan fingerprint density at radius 3 is 2.56 bits per heavy atom. The Kier molecular flexibility index (Phi) is 9.53. The van der Waals surface area contributed by atoms with Crippen LogP contribution >= 0.6 is 0 Å². The first-order valence-electron chi connectivity index (χ1n) is 2.40. The number of unbranched alkanes of at least 4 members (excludes halogenated alkanes) is 1. The van der Waals surface area contributed by atoms with Crippen LogP contribution in [0.4, 0.5) is 0 Å². The van der Waals surface area contributed by atoms with Gasteiger partial charge in [0, 0.05) is 12.4 Å². The van der Waals surface area contributed by atoms with Gasteiger partial charge < -0.3 is 9.90 Å². The van der Waals surface area contributed by atoms with Crippen molar-refractivity contribution in [3.8, 4) is 12.3 Å². The van der Waals surface area contributed by atoms with E-state index in [0.717, 1.165) is 0 Å². The van der Waals surface area contributed by atoms with Gasteiger partial charge in [0.2, 0.25) is 0 Å². The quantitative estimate of drug-likeness (QED) is 0.330. The van der Waals surface area contributed by atoms with Gasteiger partial charge in [0.15, 0.2) is 0 Å². The zero-order chi connectivity index (χ0) is 6.41. The summed E-state index contributed by atoms with van der Waals surface area (Å²) in [7, 11) is 0. The van der Waals surface area contributed by atoms with Crippen molar-refractivity contribution in [3.05, 3.63) is 0 Å². The maximum absolute atomic E-state index is 9.69. The summed E-state index contributed by atoms with van der Waals surface area (Å²) < 4.78 is 0.